The first-order valence-corrected chi connectivity index (χ1v) is 6.40. The molecule has 0 spiro atoms. The highest BCUT2D eigenvalue weighted by molar-refractivity contribution is 7.21. The minimum atomic E-state index is -0.301. The third kappa shape index (κ3) is 1.90. The number of rotatable bonds is 3. The van der Waals surface area contributed by atoms with E-state index in [9.17, 15) is 4.79 Å². The molecule has 5 heteroatoms. The lowest BCUT2D eigenvalue weighted by Crippen LogP contribution is -2.09. The molecular weight excluding hydrogens is 248 g/mol. The maximum atomic E-state index is 11.8. The van der Waals surface area contributed by atoms with E-state index in [1.807, 2.05) is 44.2 Å². The van der Waals surface area contributed by atoms with Gasteiger partial charge in [0, 0.05) is 36.9 Å². The number of nitrogens with zero attached hydrogens (tertiary/aromatic N) is 1. The number of hydrogen-bond donors (Lipinski definition) is 1. The van der Waals surface area contributed by atoms with Crippen molar-refractivity contribution in [3.05, 3.63) is 23.1 Å². The molecule has 0 radical (unpaired) electrons. The molecule has 0 aliphatic rings. The summed E-state index contributed by atoms with van der Waals surface area (Å²) in [5, 5.41) is 4.18. The molecule has 0 aliphatic heterocycles. The smallest absolute Gasteiger partial charge is 0.350 e. The van der Waals surface area contributed by atoms with E-state index in [1.165, 1.54) is 18.4 Å². The SMILES string of the molecule is CNc1c(C(=O)OC)sc2cccc(N(C)C)c12. The molecule has 96 valence electrons. The summed E-state index contributed by atoms with van der Waals surface area (Å²) in [7, 11) is 7.20. The molecule has 0 atom stereocenters. The molecular formula is C13H16N2O2S. The number of methoxy groups -OCH3 is 1. The number of nitrogens with one attached hydrogen (secondary N) is 1. The number of anilines is 2. The Morgan fingerprint density at radius 2 is 2.11 bits per heavy atom. The summed E-state index contributed by atoms with van der Waals surface area (Å²) in [6.07, 6.45) is 0. The third-order valence-corrected chi connectivity index (χ3v) is 3.93. The van der Waals surface area contributed by atoms with Crippen LogP contribution in [0.5, 0.6) is 0 Å². The van der Waals surface area contributed by atoms with Crippen LogP contribution in [0, 0.1) is 0 Å². The molecule has 0 saturated carbocycles. The highest BCUT2D eigenvalue weighted by Crippen LogP contribution is 2.41. The first-order valence-electron chi connectivity index (χ1n) is 5.59. The van der Waals surface area contributed by atoms with Crippen molar-refractivity contribution in [3.8, 4) is 0 Å². The molecule has 1 aromatic heterocycles. The second kappa shape index (κ2) is 4.86. The van der Waals surface area contributed by atoms with Crippen LogP contribution in [-0.2, 0) is 4.74 Å². The third-order valence-electron chi connectivity index (χ3n) is 2.80. The largest absolute Gasteiger partial charge is 0.465 e. The molecule has 0 saturated heterocycles. The molecule has 0 bridgehead atoms. The van der Waals surface area contributed by atoms with Crippen LogP contribution in [0.1, 0.15) is 9.67 Å². The van der Waals surface area contributed by atoms with Gasteiger partial charge in [0.1, 0.15) is 4.88 Å². The Morgan fingerprint density at radius 3 is 2.67 bits per heavy atom. The minimum Gasteiger partial charge on any atom is -0.465 e. The highest BCUT2D eigenvalue weighted by atomic mass is 32.1. The van der Waals surface area contributed by atoms with E-state index in [1.54, 1.807) is 0 Å². The van der Waals surface area contributed by atoms with E-state index >= 15 is 0 Å². The summed E-state index contributed by atoms with van der Waals surface area (Å²) in [4.78, 5) is 14.4. The predicted molar refractivity (Wildman–Crippen MR) is 77.0 cm³/mol. The van der Waals surface area contributed by atoms with Gasteiger partial charge in [0.05, 0.1) is 12.8 Å². The van der Waals surface area contributed by atoms with Gasteiger partial charge in [-0.2, -0.15) is 0 Å². The molecule has 1 aromatic carbocycles. The predicted octanol–water partition coefficient (Wildman–Crippen LogP) is 2.80. The van der Waals surface area contributed by atoms with Crippen LogP contribution in [0.15, 0.2) is 18.2 Å². The first kappa shape index (κ1) is 12.7. The fourth-order valence-corrected chi connectivity index (χ4v) is 3.13. The fraction of sp³-hybridized carbons (Fsp3) is 0.308. The highest BCUT2D eigenvalue weighted by Gasteiger charge is 2.20. The monoisotopic (exact) mass is 264 g/mol. The van der Waals surface area contributed by atoms with Crippen molar-refractivity contribution in [3.63, 3.8) is 0 Å². The van der Waals surface area contributed by atoms with Crippen LogP contribution >= 0.6 is 11.3 Å². The van der Waals surface area contributed by atoms with Crippen molar-refractivity contribution in [1.29, 1.82) is 0 Å². The van der Waals surface area contributed by atoms with Crippen molar-refractivity contribution in [2.75, 3.05) is 38.5 Å². The second-order valence-corrected chi connectivity index (χ2v) is 5.14. The van der Waals surface area contributed by atoms with Gasteiger partial charge in [-0.25, -0.2) is 4.79 Å². The maximum absolute atomic E-state index is 11.8. The Labute approximate surface area is 110 Å². The van der Waals surface area contributed by atoms with E-state index in [0.717, 1.165) is 21.5 Å². The van der Waals surface area contributed by atoms with Crippen LogP contribution < -0.4 is 10.2 Å². The van der Waals surface area contributed by atoms with E-state index in [-0.39, 0.29) is 5.97 Å². The van der Waals surface area contributed by atoms with E-state index in [2.05, 4.69) is 5.32 Å². The van der Waals surface area contributed by atoms with Crippen molar-refractivity contribution in [1.82, 2.24) is 0 Å². The van der Waals surface area contributed by atoms with E-state index in [4.69, 9.17) is 4.74 Å². The van der Waals surface area contributed by atoms with Crippen LogP contribution in [0.4, 0.5) is 11.4 Å². The van der Waals surface area contributed by atoms with Gasteiger partial charge in [-0.15, -0.1) is 11.3 Å². The molecule has 18 heavy (non-hydrogen) atoms. The summed E-state index contributed by atoms with van der Waals surface area (Å²) in [6, 6.07) is 6.05. The Kier molecular flexibility index (Phi) is 3.43. The second-order valence-electron chi connectivity index (χ2n) is 4.09. The van der Waals surface area contributed by atoms with Crippen molar-refractivity contribution >= 4 is 38.8 Å². The number of benzene rings is 1. The summed E-state index contributed by atoms with van der Waals surface area (Å²) < 4.78 is 5.90. The number of hydrogen-bond acceptors (Lipinski definition) is 5. The Hall–Kier alpha value is -1.75. The number of ether oxygens (including phenoxy) is 1. The lowest BCUT2D eigenvalue weighted by molar-refractivity contribution is 0.0607. The Balaban J connectivity index is 2.78. The van der Waals surface area contributed by atoms with Gasteiger partial charge < -0.3 is 15.0 Å². The zero-order chi connectivity index (χ0) is 13.3. The summed E-state index contributed by atoms with van der Waals surface area (Å²) in [5.41, 5.74) is 1.93. The number of carbonyl (C=O) groups excluding carboxylic acids is 1. The van der Waals surface area contributed by atoms with Gasteiger partial charge in [0.15, 0.2) is 0 Å². The molecule has 0 aliphatic carbocycles. The van der Waals surface area contributed by atoms with Crippen LogP contribution in [-0.4, -0.2) is 34.2 Å². The summed E-state index contributed by atoms with van der Waals surface area (Å²) >= 11 is 1.45. The first-order chi connectivity index (χ1) is 8.60. The average molecular weight is 264 g/mol. The van der Waals surface area contributed by atoms with Gasteiger partial charge in [0.2, 0.25) is 0 Å². The molecule has 2 aromatic rings. The normalized spacial score (nSPS) is 10.4. The Bertz CT molecular complexity index is 590. The lowest BCUT2D eigenvalue weighted by Gasteiger charge is -2.15. The number of thiophene rings is 1. The van der Waals surface area contributed by atoms with Gasteiger partial charge in [-0.05, 0) is 12.1 Å². The Morgan fingerprint density at radius 1 is 1.39 bits per heavy atom. The molecule has 0 unspecified atom stereocenters. The van der Waals surface area contributed by atoms with Gasteiger partial charge >= 0.3 is 5.97 Å². The van der Waals surface area contributed by atoms with E-state index < -0.39 is 0 Å². The van der Waals surface area contributed by atoms with Gasteiger partial charge in [0.25, 0.3) is 0 Å². The summed E-state index contributed by atoms with van der Waals surface area (Å²) in [5.74, 6) is -0.301. The molecule has 0 fully saturated rings. The number of carbonyl (C=O) groups is 1. The lowest BCUT2D eigenvalue weighted by atomic mass is 10.1. The van der Waals surface area contributed by atoms with Crippen LogP contribution in [0.3, 0.4) is 0 Å². The topological polar surface area (TPSA) is 41.6 Å². The number of fused-ring (bicyclic) bond motifs is 1. The van der Waals surface area contributed by atoms with Gasteiger partial charge in [-0.1, -0.05) is 6.07 Å². The van der Waals surface area contributed by atoms with Crippen LogP contribution in [0.25, 0.3) is 10.1 Å². The molecule has 2 rings (SSSR count). The zero-order valence-corrected chi connectivity index (χ0v) is 11.7. The minimum absolute atomic E-state index is 0.301. The van der Waals surface area contributed by atoms with Crippen LogP contribution in [0.2, 0.25) is 0 Å². The summed E-state index contributed by atoms with van der Waals surface area (Å²) in [6.45, 7) is 0. The zero-order valence-electron chi connectivity index (χ0n) is 10.9. The number of esters is 1. The molecule has 4 nitrogen and oxygen atoms in total. The molecule has 0 amide bonds. The van der Waals surface area contributed by atoms with E-state index in [0.29, 0.717) is 4.88 Å². The average Bonchev–Trinajstić information content (AvgIpc) is 2.75. The fourth-order valence-electron chi connectivity index (χ4n) is 1.98. The molecule has 1 heterocycles. The van der Waals surface area contributed by atoms with Crippen molar-refractivity contribution < 1.29 is 9.53 Å². The quantitative estimate of drug-likeness (QED) is 0.866. The maximum Gasteiger partial charge on any atom is 0.350 e. The van der Waals surface area contributed by atoms with Crippen molar-refractivity contribution in [2.24, 2.45) is 0 Å². The standard InChI is InChI=1S/C13H16N2O2S/c1-14-11-10-8(15(2)3)6-5-7-9(10)18-12(11)13(16)17-4/h5-7,14H,1-4H3. The molecule has 1 N–H and O–H groups in total. The van der Waals surface area contributed by atoms with Gasteiger partial charge in [-0.3, -0.25) is 0 Å². The van der Waals surface area contributed by atoms with Crippen molar-refractivity contribution in [2.45, 2.75) is 0 Å².